The van der Waals surface area contributed by atoms with E-state index in [1.165, 1.54) is 28.8 Å². The number of halogens is 1. The second kappa shape index (κ2) is 5.45. The molecular weight excluding hydrogens is 295 g/mol. The summed E-state index contributed by atoms with van der Waals surface area (Å²) < 4.78 is 39.0. The predicted octanol–water partition coefficient (Wildman–Crippen LogP) is 1.06. The summed E-state index contributed by atoms with van der Waals surface area (Å²) in [6.45, 7) is 1.93. The normalized spacial score (nSPS) is 17.1. The maximum Gasteiger partial charge on any atom is 0.246 e. The van der Waals surface area contributed by atoms with Gasteiger partial charge in [0.15, 0.2) is 0 Å². The minimum absolute atomic E-state index is 0.178. The Bertz CT molecular complexity index is 692. The monoisotopic (exact) mass is 310 g/mol. The van der Waals surface area contributed by atoms with Gasteiger partial charge in [-0.05, 0) is 24.3 Å². The standard InChI is InChI=1S/C13H15FN4O2S/c14-11-1-3-12(4-2-11)17-5-7-18(8-6-17)21(19,20)13-9-15-16-10-13/h1-4,9-10H,5-8H2,(H,15,16). The molecule has 6 nitrogen and oxygen atoms in total. The topological polar surface area (TPSA) is 69.3 Å². The third-order valence-corrected chi connectivity index (χ3v) is 5.41. The van der Waals surface area contributed by atoms with E-state index in [1.54, 1.807) is 12.1 Å². The highest BCUT2D eigenvalue weighted by atomic mass is 32.2. The van der Waals surface area contributed by atoms with Crippen LogP contribution in [0.3, 0.4) is 0 Å². The maximum atomic E-state index is 12.9. The number of hydrogen-bond donors (Lipinski definition) is 1. The fourth-order valence-corrected chi connectivity index (χ4v) is 3.70. The molecule has 1 saturated heterocycles. The molecule has 112 valence electrons. The van der Waals surface area contributed by atoms with Crippen molar-refractivity contribution in [1.82, 2.24) is 14.5 Å². The summed E-state index contributed by atoms with van der Waals surface area (Å²) >= 11 is 0. The van der Waals surface area contributed by atoms with E-state index in [1.807, 2.05) is 4.90 Å². The van der Waals surface area contributed by atoms with E-state index in [4.69, 9.17) is 0 Å². The minimum Gasteiger partial charge on any atom is -0.369 e. The van der Waals surface area contributed by atoms with E-state index in [0.29, 0.717) is 26.2 Å². The molecule has 0 bridgehead atoms. The molecule has 1 fully saturated rings. The summed E-state index contributed by atoms with van der Waals surface area (Å²) in [7, 11) is -3.48. The van der Waals surface area contributed by atoms with E-state index in [2.05, 4.69) is 10.2 Å². The van der Waals surface area contributed by atoms with Gasteiger partial charge in [0.1, 0.15) is 10.7 Å². The van der Waals surface area contributed by atoms with Crippen LogP contribution in [0, 0.1) is 5.82 Å². The molecule has 1 aromatic heterocycles. The quantitative estimate of drug-likeness (QED) is 0.920. The lowest BCUT2D eigenvalue weighted by molar-refractivity contribution is 0.385. The molecule has 0 atom stereocenters. The minimum atomic E-state index is -3.48. The molecule has 0 unspecified atom stereocenters. The van der Waals surface area contributed by atoms with Gasteiger partial charge in [0.25, 0.3) is 0 Å². The van der Waals surface area contributed by atoms with E-state index in [9.17, 15) is 12.8 Å². The Kier molecular flexibility index (Phi) is 3.64. The highest BCUT2D eigenvalue weighted by Crippen LogP contribution is 2.20. The zero-order valence-electron chi connectivity index (χ0n) is 11.2. The van der Waals surface area contributed by atoms with Crippen molar-refractivity contribution in [3.63, 3.8) is 0 Å². The van der Waals surface area contributed by atoms with Crippen LogP contribution in [0.5, 0.6) is 0 Å². The molecule has 2 aromatic rings. The van der Waals surface area contributed by atoms with Crippen LogP contribution in [0.25, 0.3) is 0 Å². The van der Waals surface area contributed by atoms with Crippen molar-refractivity contribution in [3.8, 4) is 0 Å². The molecule has 1 aliphatic rings. The third-order valence-electron chi connectivity index (χ3n) is 3.54. The summed E-state index contributed by atoms with van der Waals surface area (Å²) in [5.41, 5.74) is 0.900. The van der Waals surface area contributed by atoms with Gasteiger partial charge in [0.2, 0.25) is 10.0 Å². The smallest absolute Gasteiger partial charge is 0.246 e. The average molecular weight is 310 g/mol. The number of sulfonamides is 1. The van der Waals surface area contributed by atoms with Gasteiger partial charge in [0, 0.05) is 38.1 Å². The fraction of sp³-hybridized carbons (Fsp3) is 0.308. The Balaban J connectivity index is 1.69. The first-order valence-corrected chi connectivity index (χ1v) is 8.01. The number of H-pyrrole nitrogens is 1. The lowest BCUT2D eigenvalue weighted by Crippen LogP contribution is -2.48. The Hall–Kier alpha value is -1.93. The maximum absolute atomic E-state index is 12.9. The number of anilines is 1. The molecule has 1 N–H and O–H groups in total. The highest BCUT2D eigenvalue weighted by Gasteiger charge is 2.29. The van der Waals surface area contributed by atoms with Crippen molar-refractivity contribution in [1.29, 1.82) is 0 Å². The van der Waals surface area contributed by atoms with Gasteiger partial charge in [-0.2, -0.15) is 9.40 Å². The van der Waals surface area contributed by atoms with Crippen LogP contribution in [0.15, 0.2) is 41.6 Å². The van der Waals surface area contributed by atoms with Gasteiger partial charge in [-0.15, -0.1) is 0 Å². The summed E-state index contributed by atoms with van der Waals surface area (Å²) in [4.78, 5) is 2.22. The number of hydrogen-bond acceptors (Lipinski definition) is 4. The molecule has 3 rings (SSSR count). The zero-order valence-corrected chi connectivity index (χ0v) is 12.1. The molecule has 0 saturated carbocycles. The summed E-state index contributed by atoms with van der Waals surface area (Å²) in [6, 6.07) is 6.22. The summed E-state index contributed by atoms with van der Waals surface area (Å²) in [5, 5.41) is 6.19. The van der Waals surface area contributed by atoms with Crippen molar-refractivity contribution in [2.45, 2.75) is 4.90 Å². The summed E-state index contributed by atoms with van der Waals surface area (Å²) in [5.74, 6) is -0.278. The number of nitrogens with one attached hydrogen (secondary N) is 1. The SMILES string of the molecule is O=S(=O)(c1cn[nH]c1)N1CCN(c2ccc(F)cc2)CC1. The molecule has 2 heterocycles. The van der Waals surface area contributed by atoms with Gasteiger partial charge >= 0.3 is 0 Å². The number of nitrogens with zero attached hydrogens (tertiary/aromatic N) is 3. The van der Waals surface area contributed by atoms with E-state index < -0.39 is 10.0 Å². The second-order valence-corrected chi connectivity index (χ2v) is 6.74. The molecule has 0 amide bonds. The Morgan fingerprint density at radius 3 is 2.33 bits per heavy atom. The molecule has 0 aliphatic carbocycles. The largest absolute Gasteiger partial charge is 0.369 e. The van der Waals surface area contributed by atoms with Crippen LogP contribution in [-0.4, -0.2) is 49.1 Å². The lowest BCUT2D eigenvalue weighted by Gasteiger charge is -2.35. The molecular formula is C13H15FN4O2S. The highest BCUT2D eigenvalue weighted by molar-refractivity contribution is 7.89. The van der Waals surface area contributed by atoms with Gasteiger partial charge in [-0.3, -0.25) is 5.10 Å². The second-order valence-electron chi connectivity index (χ2n) is 4.80. The van der Waals surface area contributed by atoms with Crippen molar-refractivity contribution in [3.05, 3.63) is 42.5 Å². The molecule has 8 heteroatoms. The van der Waals surface area contributed by atoms with E-state index in [0.717, 1.165) is 5.69 Å². The van der Waals surface area contributed by atoms with Gasteiger partial charge < -0.3 is 4.90 Å². The van der Waals surface area contributed by atoms with Crippen LogP contribution < -0.4 is 4.90 Å². The molecule has 1 aliphatic heterocycles. The summed E-state index contributed by atoms with van der Waals surface area (Å²) in [6.07, 6.45) is 2.68. The number of aromatic amines is 1. The molecule has 21 heavy (non-hydrogen) atoms. The molecule has 0 spiro atoms. The van der Waals surface area contributed by atoms with E-state index in [-0.39, 0.29) is 10.7 Å². The van der Waals surface area contributed by atoms with Gasteiger partial charge in [0.05, 0.1) is 6.20 Å². The van der Waals surface area contributed by atoms with Crippen LogP contribution in [0.2, 0.25) is 0 Å². The Morgan fingerprint density at radius 2 is 1.76 bits per heavy atom. The average Bonchev–Trinajstić information content (AvgIpc) is 3.03. The first-order valence-electron chi connectivity index (χ1n) is 6.57. The lowest BCUT2D eigenvalue weighted by atomic mass is 10.2. The van der Waals surface area contributed by atoms with Crippen LogP contribution in [0.4, 0.5) is 10.1 Å². The Labute approximate surface area is 122 Å². The number of aromatic nitrogens is 2. The zero-order chi connectivity index (χ0) is 14.9. The van der Waals surface area contributed by atoms with Gasteiger partial charge in [-0.25, -0.2) is 12.8 Å². The van der Waals surface area contributed by atoms with Crippen LogP contribution in [-0.2, 0) is 10.0 Å². The Morgan fingerprint density at radius 1 is 1.10 bits per heavy atom. The molecule has 1 aromatic carbocycles. The van der Waals surface area contributed by atoms with Crippen LogP contribution in [0.1, 0.15) is 0 Å². The fourth-order valence-electron chi connectivity index (χ4n) is 2.37. The van der Waals surface area contributed by atoms with Crippen LogP contribution >= 0.6 is 0 Å². The third kappa shape index (κ3) is 2.77. The number of piperazine rings is 1. The van der Waals surface area contributed by atoms with E-state index >= 15 is 0 Å². The van der Waals surface area contributed by atoms with Crippen molar-refractivity contribution >= 4 is 15.7 Å². The number of rotatable bonds is 3. The number of benzene rings is 1. The first-order chi connectivity index (χ1) is 10.1. The van der Waals surface area contributed by atoms with Crippen molar-refractivity contribution in [2.24, 2.45) is 0 Å². The van der Waals surface area contributed by atoms with Crippen molar-refractivity contribution in [2.75, 3.05) is 31.1 Å². The van der Waals surface area contributed by atoms with Gasteiger partial charge in [-0.1, -0.05) is 0 Å². The first kappa shape index (κ1) is 14.0. The predicted molar refractivity (Wildman–Crippen MR) is 76.0 cm³/mol. The van der Waals surface area contributed by atoms with Crippen molar-refractivity contribution < 1.29 is 12.8 Å². The molecule has 0 radical (unpaired) electrons.